The van der Waals surface area contributed by atoms with Crippen LogP contribution in [0.1, 0.15) is 12.8 Å². The molecule has 0 aromatic rings. The van der Waals surface area contributed by atoms with Gasteiger partial charge in [0, 0.05) is 6.42 Å². The minimum Gasteiger partial charge on any atom is -0.298 e. The van der Waals surface area contributed by atoms with E-state index < -0.39 is 12.7 Å². The van der Waals surface area contributed by atoms with Gasteiger partial charge in [0.25, 0.3) is 0 Å². The Hall–Kier alpha value is -0.690. The van der Waals surface area contributed by atoms with E-state index in [1.807, 2.05) is 0 Å². The van der Waals surface area contributed by atoms with E-state index in [2.05, 4.69) is 5.92 Å². The molecule has 0 atom stereocenters. The van der Waals surface area contributed by atoms with Gasteiger partial charge in [0.2, 0.25) is 0 Å². The van der Waals surface area contributed by atoms with Gasteiger partial charge in [-0.25, -0.2) is 0 Å². The molecule has 0 spiro atoms. The molecule has 0 aliphatic carbocycles. The summed E-state index contributed by atoms with van der Waals surface area (Å²) in [6.45, 7) is -0.471. The zero-order valence-corrected chi connectivity index (χ0v) is 6.99. The first kappa shape index (κ1) is 11.3. The Morgan fingerprint density at radius 3 is 2.42 bits per heavy atom. The fraction of sp³-hybridized carbons (Fsp3) is 0.750. The van der Waals surface area contributed by atoms with Crippen LogP contribution in [0.5, 0.6) is 0 Å². The van der Waals surface area contributed by atoms with E-state index in [4.69, 9.17) is 6.42 Å². The Kier molecular flexibility index (Phi) is 4.75. The van der Waals surface area contributed by atoms with Crippen LogP contribution in [0, 0.1) is 12.3 Å². The van der Waals surface area contributed by atoms with Crippen molar-refractivity contribution in [3.63, 3.8) is 0 Å². The molecule has 0 aliphatic heterocycles. The van der Waals surface area contributed by atoms with Gasteiger partial charge >= 0.3 is 6.18 Å². The average Bonchev–Trinajstić information content (AvgIpc) is 1.84. The molecule has 12 heavy (non-hydrogen) atoms. The van der Waals surface area contributed by atoms with Crippen molar-refractivity contribution in [2.24, 2.45) is 0 Å². The molecule has 1 nitrogen and oxygen atoms in total. The Labute approximate surface area is 70.5 Å². The maximum atomic E-state index is 11.7. The van der Waals surface area contributed by atoms with Crippen LogP contribution in [0.15, 0.2) is 0 Å². The molecule has 0 N–H and O–H groups in total. The third-order valence-corrected chi connectivity index (χ3v) is 1.31. The van der Waals surface area contributed by atoms with E-state index in [0.29, 0.717) is 19.4 Å². The average molecular weight is 179 g/mol. The first-order chi connectivity index (χ1) is 5.45. The van der Waals surface area contributed by atoms with Gasteiger partial charge in [-0.3, -0.25) is 4.90 Å². The predicted molar refractivity (Wildman–Crippen MR) is 41.6 cm³/mol. The van der Waals surface area contributed by atoms with E-state index >= 15 is 0 Å². The van der Waals surface area contributed by atoms with Crippen LogP contribution < -0.4 is 0 Å². The summed E-state index contributed by atoms with van der Waals surface area (Å²) in [5.41, 5.74) is 0. The highest BCUT2D eigenvalue weighted by Gasteiger charge is 2.28. The molecule has 0 rings (SSSR count). The lowest BCUT2D eigenvalue weighted by Gasteiger charge is -2.17. The summed E-state index contributed by atoms with van der Waals surface area (Å²) in [4.78, 5) is 1.22. The lowest BCUT2D eigenvalue weighted by atomic mass is 10.3. The van der Waals surface area contributed by atoms with Crippen LogP contribution in [-0.4, -0.2) is 31.2 Å². The summed E-state index contributed by atoms with van der Waals surface area (Å²) >= 11 is 0. The predicted octanol–water partition coefficient (Wildman–Crippen LogP) is 1.89. The summed E-state index contributed by atoms with van der Waals surface area (Å²) in [5.74, 6) is 2.38. The monoisotopic (exact) mass is 179 g/mol. The van der Waals surface area contributed by atoms with Crippen molar-refractivity contribution in [1.82, 2.24) is 4.90 Å². The van der Waals surface area contributed by atoms with Crippen LogP contribution in [0.25, 0.3) is 0 Å². The second kappa shape index (κ2) is 5.04. The largest absolute Gasteiger partial charge is 0.401 e. The number of rotatable bonds is 4. The molecule has 0 saturated carbocycles. The standard InChI is InChI=1S/C8H12F3N/c1-3-4-5-6-12(2)7-8(9,10)11/h1H,4-7H2,2H3. The fourth-order valence-electron chi connectivity index (χ4n) is 0.836. The summed E-state index contributed by atoms with van der Waals surface area (Å²) in [5, 5.41) is 0. The molecule has 0 radical (unpaired) electrons. The Balaban J connectivity index is 3.48. The van der Waals surface area contributed by atoms with Crippen LogP contribution >= 0.6 is 0 Å². The van der Waals surface area contributed by atoms with Crippen molar-refractivity contribution < 1.29 is 13.2 Å². The minimum atomic E-state index is -4.11. The lowest BCUT2D eigenvalue weighted by molar-refractivity contribution is -0.143. The quantitative estimate of drug-likeness (QED) is 0.470. The lowest BCUT2D eigenvalue weighted by Crippen LogP contribution is -2.31. The van der Waals surface area contributed by atoms with Crippen molar-refractivity contribution in [2.45, 2.75) is 19.0 Å². The third-order valence-electron chi connectivity index (χ3n) is 1.31. The smallest absolute Gasteiger partial charge is 0.298 e. The number of hydrogen-bond donors (Lipinski definition) is 0. The second-order valence-corrected chi connectivity index (χ2v) is 2.66. The van der Waals surface area contributed by atoms with Crippen molar-refractivity contribution >= 4 is 0 Å². The number of nitrogens with zero attached hydrogens (tertiary/aromatic N) is 1. The van der Waals surface area contributed by atoms with Gasteiger partial charge in [-0.2, -0.15) is 13.2 Å². The van der Waals surface area contributed by atoms with Crippen molar-refractivity contribution in [1.29, 1.82) is 0 Å². The molecule has 0 bridgehead atoms. The third kappa shape index (κ3) is 7.42. The van der Waals surface area contributed by atoms with E-state index in [1.54, 1.807) is 0 Å². The highest BCUT2D eigenvalue weighted by atomic mass is 19.4. The number of hydrogen-bond acceptors (Lipinski definition) is 1. The maximum Gasteiger partial charge on any atom is 0.401 e. The SMILES string of the molecule is C#CCCCN(C)CC(F)(F)F. The van der Waals surface area contributed by atoms with Crippen molar-refractivity contribution in [3.8, 4) is 12.3 Å². The highest BCUT2D eigenvalue weighted by molar-refractivity contribution is 4.83. The van der Waals surface area contributed by atoms with Gasteiger partial charge in [-0.05, 0) is 20.0 Å². The zero-order chi connectivity index (χ0) is 9.61. The van der Waals surface area contributed by atoms with Crippen LogP contribution in [-0.2, 0) is 0 Å². The summed E-state index contributed by atoms with van der Waals surface area (Å²) in [7, 11) is 1.43. The zero-order valence-electron chi connectivity index (χ0n) is 6.99. The first-order valence-corrected chi connectivity index (χ1v) is 3.64. The molecular weight excluding hydrogens is 167 g/mol. The molecule has 70 valence electrons. The number of halogens is 3. The molecule has 0 aromatic heterocycles. The van der Waals surface area contributed by atoms with Crippen molar-refractivity contribution in [3.05, 3.63) is 0 Å². The van der Waals surface area contributed by atoms with E-state index in [1.165, 1.54) is 11.9 Å². The Morgan fingerprint density at radius 1 is 1.42 bits per heavy atom. The minimum absolute atomic E-state index is 0.393. The topological polar surface area (TPSA) is 3.24 Å². The van der Waals surface area contributed by atoms with Crippen LogP contribution in [0.2, 0.25) is 0 Å². The number of alkyl halides is 3. The highest BCUT2D eigenvalue weighted by Crippen LogP contribution is 2.15. The second-order valence-electron chi connectivity index (χ2n) is 2.66. The summed E-state index contributed by atoms with van der Waals surface area (Å²) < 4.78 is 35.2. The summed E-state index contributed by atoms with van der Waals surface area (Å²) in [6, 6.07) is 0. The molecular formula is C8H12F3N. The molecule has 4 heteroatoms. The molecule has 0 fully saturated rings. The molecule has 0 saturated heterocycles. The fourth-order valence-corrected chi connectivity index (χ4v) is 0.836. The molecule has 0 unspecified atom stereocenters. The van der Waals surface area contributed by atoms with Gasteiger partial charge < -0.3 is 0 Å². The maximum absolute atomic E-state index is 11.7. The van der Waals surface area contributed by atoms with E-state index in [9.17, 15) is 13.2 Å². The molecule has 0 heterocycles. The number of terminal acetylenes is 1. The first-order valence-electron chi connectivity index (χ1n) is 3.64. The van der Waals surface area contributed by atoms with E-state index in [0.717, 1.165) is 0 Å². The van der Waals surface area contributed by atoms with Crippen LogP contribution in [0.4, 0.5) is 13.2 Å². The van der Waals surface area contributed by atoms with Crippen LogP contribution in [0.3, 0.4) is 0 Å². The number of unbranched alkanes of at least 4 members (excludes halogenated alkanes) is 1. The normalized spacial score (nSPS) is 11.7. The Bertz CT molecular complexity index is 157. The molecule has 0 aromatic carbocycles. The van der Waals surface area contributed by atoms with Gasteiger partial charge in [0.1, 0.15) is 0 Å². The molecule has 0 amide bonds. The van der Waals surface area contributed by atoms with Gasteiger partial charge in [0.15, 0.2) is 0 Å². The molecule has 0 aliphatic rings. The Morgan fingerprint density at radius 2 is 2.00 bits per heavy atom. The van der Waals surface area contributed by atoms with E-state index in [-0.39, 0.29) is 0 Å². The van der Waals surface area contributed by atoms with Crippen molar-refractivity contribution in [2.75, 3.05) is 20.1 Å². The van der Waals surface area contributed by atoms with Gasteiger partial charge in [0.05, 0.1) is 6.54 Å². The van der Waals surface area contributed by atoms with Gasteiger partial charge in [-0.1, -0.05) is 0 Å². The van der Waals surface area contributed by atoms with Gasteiger partial charge in [-0.15, -0.1) is 12.3 Å². The summed E-state index contributed by atoms with van der Waals surface area (Å²) in [6.07, 6.45) is 1.99.